The molecule has 0 amide bonds. The summed E-state index contributed by atoms with van der Waals surface area (Å²) in [5, 5.41) is 20.6. The zero-order valence-electron chi connectivity index (χ0n) is 22.9. The first-order valence-corrected chi connectivity index (χ1v) is 14.3. The molecule has 5 heteroatoms. The van der Waals surface area contributed by atoms with Crippen LogP contribution in [0.3, 0.4) is 0 Å². The van der Waals surface area contributed by atoms with E-state index >= 15 is 0 Å². The number of aromatic nitrogens is 3. The minimum Gasteiger partial charge on any atom is -0.306 e. The topological polar surface area (TPSA) is 78.3 Å². The van der Waals surface area contributed by atoms with Crippen molar-refractivity contribution in [2.75, 3.05) is 0 Å². The number of hydrogen-bond donors (Lipinski definition) is 0. The maximum Gasteiger partial charge on any atom is 0.159 e. The van der Waals surface area contributed by atoms with E-state index in [2.05, 4.69) is 71.3 Å². The molecular weight excluding hydrogens is 526 g/mol. The van der Waals surface area contributed by atoms with Crippen LogP contribution in [0.25, 0.3) is 39.0 Å². The van der Waals surface area contributed by atoms with Gasteiger partial charge in [0.2, 0.25) is 0 Å². The third-order valence-corrected chi connectivity index (χ3v) is 9.08. The van der Waals surface area contributed by atoms with Crippen LogP contribution in [0.4, 0.5) is 0 Å². The maximum atomic E-state index is 9.74. The number of rotatable bonds is 2. The number of nitriles is 2. The van der Waals surface area contributed by atoms with Gasteiger partial charge < -0.3 is 4.57 Å². The Morgan fingerprint density at radius 1 is 0.605 bits per heavy atom. The van der Waals surface area contributed by atoms with Gasteiger partial charge in [0.15, 0.2) is 5.82 Å². The molecule has 198 valence electrons. The number of fused-ring (bicyclic) bond motifs is 3. The molecule has 0 saturated heterocycles. The Kier molecular flexibility index (Phi) is 4.80. The summed E-state index contributed by atoms with van der Waals surface area (Å²) in [6, 6.07) is 41.8. The highest BCUT2D eigenvalue weighted by molar-refractivity contribution is 6.07. The Morgan fingerprint density at radius 3 is 2.02 bits per heavy atom. The molecule has 10 rings (SSSR count). The van der Waals surface area contributed by atoms with Crippen LogP contribution < -0.4 is 0 Å². The van der Waals surface area contributed by atoms with Gasteiger partial charge in [-0.2, -0.15) is 10.5 Å². The molecule has 0 spiro atoms. The molecule has 5 nitrogen and oxygen atoms in total. The number of hydrogen-bond acceptors (Lipinski definition) is 4. The lowest BCUT2D eigenvalue weighted by atomic mass is 9.60. The zero-order valence-corrected chi connectivity index (χ0v) is 22.9. The predicted molar refractivity (Wildman–Crippen MR) is 166 cm³/mol. The van der Waals surface area contributed by atoms with Crippen molar-refractivity contribution >= 4 is 21.9 Å². The van der Waals surface area contributed by atoms with Gasteiger partial charge in [0.1, 0.15) is 5.52 Å². The molecule has 0 N–H and O–H groups in total. The lowest BCUT2D eigenvalue weighted by molar-refractivity contribution is 0.748. The Balaban J connectivity index is 1.35. The van der Waals surface area contributed by atoms with Crippen LogP contribution in [0.15, 0.2) is 115 Å². The third-order valence-electron chi connectivity index (χ3n) is 9.08. The summed E-state index contributed by atoms with van der Waals surface area (Å²) in [6.07, 6.45) is 1.95. The van der Waals surface area contributed by atoms with E-state index in [0.717, 1.165) is 44.3 Å². The second kappa shape index (κ2) is 8.73. The van der Waals surface area contributed by atoms with Crippen LogP contribution in [0.2, 0.25) is 0 Å². The molecule has 0 aliphatic heterocycles. The summed E-state index contributed by atoms with van der Waals surface area (Å²) in [7, 11) is 0. The molecule has 2 aromatic heterocycles. The summed E-state index contributed by atoms with van der Waals surface area (Å²) in [5.74, 6) is 0.595. The Bertz CT molecular complexity index is 2320. The summed E-state index contributed by atoms with van der Waals surface area (Å²) in [6.45, 7) is 0. The van der Waals surface area contributed by atoms with Crippen molar-refractivity contribution in [1.82, 2.24) is 14.5 Å². The van der Waals surface area contributed by atoms with Crippen LogP contribution in [0, 0.1) is 22.7 Å². The van der Waals surface area contributed by atoms with E-state index in [-0.39, 0.29) is 11.8 Å². The Hall–Kier alpha value is -6.04. The first-order valence-electron chi connectivity index (χ1n) is 14.3. The van der Waals surface area contributed by atoms with Crippen molar-refractivity contribution in [3.63, 3.8) is 0 Å². The van der Waals surface area contributed by atoms with E-state index in [4.69, 9.17) is 9.97 Å². The molecule has 0 saturated carbocycles. The Labute approximate surface area is 247 Å². The predicted octanol–water partition coefficient (Wildman–Crippen LogP) is 7.97. The van der Waals surface area contributed by atoms with Gasteiger partial charge in [-0.25, -0.2) is 9.97 Å². The molecule has 2 bridgehead atoms. The average molecular weight is 548 g/mol. The van der Waals surface area contributed by atoms with Gasteiger partial charge >= 0.3 is 0 Å². The van der Waals surface area contributed by atoms with Gasteiger partial charge in [0.25, 0.3) is 0 Å². The second-order valence-electron chi connectivity index (χ2n) is 11.2. The highest BCUT2D eigenvalue weighted by Crippen LogP contribution is 2.57. The third kappa shape index (κ3) is 3.19. The molecule has 7 aromatic rings. The van der Waals surface area contributed by atoms with Crippen LogP contribution in [-0.4, -0.2) is 14.5 Å². The first kappa shape index (κ1) is 23.6. The van der Waals surface area contributed by atoms with E-state index < -0.39 is 0 Å². The fraction of sp³-hybridized carbons (Fsp3) is 0.0526. The van der Waals surface area contributed by atoms with E-state index in [1.165, 1.54) is 22.3 Å². The largest absolute Gasteiger partial charge is 0.306 e. The fourth-order valence-corrected chi connectivity index (χ4v) is 7.35. The maximum absolute atomic E-state index is 9.74. The summed E-state index contributed by atoms with van der Waals surface area (Å²) in [5.41, 5.74) is 13.5. The molecule has 0 unspecified atom stereocenters. The van der Waals surface area contributed by atoms with Gasteiger partial charge in [0, 0.05) is 22.8 Å². The van der Waals surface area contributed by atoms with Crippen molar-refractivity contribution in [3.8, 4) is 29.2 Å². The van der Waals surface area contributed by atoms with E-state index in [0.29, 0.717) is 17.0 Å². The van der Waals surface area contributed by atoms with E-state index in [1.807, 2.05) is 60.8 Å². The summed E-state index contributed by atoms with van der Waals surface area (Å²) in [4.78, 5) is 9.93. The normalized spacial score (nSPS) is 15.9. The monoisotopic (exact) mass is 547 g/mol. The van der Waals surface area contributed by atoms with Crippen LogP contribution in [0.1, 0.15) is 56.3 Å². The molecule has 5 aromatic carbocycles. The first-order chi connectivity index (χ1) is 21.2. The minimum absolute atomic E-state index is 0.0394. The SMILES string of the molecule is N#Cc1ccc2c(c1)C1c3cc(C#N)ccc3C2c2c1cccc2-n1c2ccccc2c2nc(-c3ccccc3)ncc21. The van der Waals surface area contributed by atoms with Crippen LogP contribution >= 0.6 is 0 Å². The zero-order chi connectivity index (χ0) is 28.7. The van der Waals surface area contributed by atoms with E-state index in [9.17, 15) is 10.5 Å². The summed E-state index contributed by atoms with van der Waals surface area (Å²) < 4.78 is 2.31. The average Bonchev–Trinajstić information content (AvgIpc) is 3.41. The van der Waals surface area contributed by atoms with Crippen molar-refractivity contribution in [2.45, 2.75) is 11.8 Å². The highest BCUT2D eigenvalue weighted by Gasteiger charge is 2.43. The minimum atomic E-state index is -0.0689. The smallest absolute Gasteiger partial charge is 0.159 e. The molecule has 43 heavy (non-hydrogen) atoms. The quantitative estimate of drug-likeness (QED) is 0.220. The van der Waals surface area contributed by atoms with Crippen LogP contribution in [0.5, 0.6) is 0 Å². The lowest BCUT2D eigenvalue weighted by Crippen LogP contribution is -2.29. The van der Waals surface area contributed by atoms with Crippen molar-refractivity contribution < 1.29 is 0 Å². The Morgan fingerprint density at radius 2 is 1.30 bits per heavy atom. The van der Waals surface area contributed by atoms with Gasteiger partial charge in [-0.15, -0.1) is 0 Å². The molecule has 3 aliphatic rings. The number of para-hydroxylation sites is 1. The van der Waals surface area contributed by atoms with Crippen LogP contribution in [-0.2, 0) is 0 Å². The van der Waals surface area contributed by atoms with Crippen molar-refractivity contribution in [3.05, 3.63) is 160 Å². The second-order valence-corrected chi connectivity index (χ2v) is 11.2. The van der Waals surface area contributed by atoms with Gasteiger partial charge in [0.05, 0.1) is 46.2 Å². The molecule has 2 heterocycles. The van der Waals surface area contributed by atoms with Gasteiger partial charge in [-0.05, 0) is 69.8 Å². The molecule has 0 radical (unpaired) electrons. The number of nitrogens with zero attached hydrogens (tertiary/aromatic N) is 5. The molecular formula is C38H21N5. The van der Waals surface area contributed by atoms with Gasteiger partial charge in [-0.3, -0.25) is 0 Å². The van der Waals surface area contributed by atoms with Crippen molar-refractivity contribution in [1.29, 1.82) is 10.5 Å². The van der Waals surface area contributed by atoms with Gasteiger partial charge in [-0.1, -0.05) is 72.8 Å². The lowest BCUT2D eigenvalue weighted by Gasteiger charge is -2.43. The van der Waals surface area contributed by atoms with E-state index in [1.54, 1.807) is 0 Å². The number of benzene rings is 5. The standard InChI is InChI=1S/C38H21N5/c39-19-22-13-15-25-29(17-22)34-28-10-6-12-32(36(28)35(25)26-16-14-23(20-40)18-30(26)34)43-31-11-5-4-9-27(31)37-33(43)21-41-38(42-37)24-7-2-1-3-8-24/h1-18,21,34-35H. The molecule has 3 aliphatic carbocycles. The summed E-state index contributed by atoms with van der Waals surface area (Å²) >= 11 is 0. The van der Waals surface area contributed by atoms with Crippen molar-refractivity contribution in [2.24, 2.45) is 0 Å². The molecule has 0 atom stereocenters. The highest BCUT2D eigenvalue weighted by atomic mass is 15.0. The fourth-order valence-electron chi connectivity index (χ4n) is 7.35. The molecule has 0 fully saturated rings.